The first-order chi connectivity index (χ1) is 7.78. The average Bonchev–Trinajstić information content (AvgIpc) is 2.29. The largest absolute Gasteiger partial charge is 0.379 e. The standard InChI is InChI=1S/C12H13ClN2O/c13-12-6-10(8-14)5-11(7-12)9-15-1-3-16-4-2-15/h5-7H,1-4,9H2. The first-order valence-electron chi connectivity index (χ1n) is 5.27. The molecule has 0 amide bonds. The minimum absolute atomic E-state index is 0.621. The number of ether oxygens (including phenoxy) is 1. The fourth-order valence-electron chi connectivity index (χ4n) is 1.82. The lowest BCUT2D eigenvalue weighted by molar-refractivity contribution is 0.0342. The summed E-state index contributed by atoms with van der Waals surface area (Å²) in [5.74, 6) is 0. The molecule has 0 atom stereocenters. The number of nitriles is 1. The van der Waals surface area contributed by atoms with Crippen molar-refractivity contribution in [2.45, 2.75) is 6.54 Å². The lowest BCUT2D eigenvalue weighted by Gasteiger charge is -2.26. The Morgan fingerprint density at radius 2 is 2.06 bits per heavy atom. The van der Waals surface area contributed by atoms with Crippen LogP contribution in [0.25, 0.3) is 0 Å². The first-order valence-corrected chi connectivity index (χ1v) is 5.65. The molecular weight excluding hydrogens is 224 g/mol. The summed E-state index contributed by atoms with van der Waals surface area (Å²) < 4.78 is 5.29. The second-order valence-electron chi connectivity index (χ2n) is 3.85. The normalized spacial score (nSPS) is 17.0. The van der Waals surface area contributed by atoms with Crippen molar-refractivity contribution in [1.82, 2.24) is 4.90 Å². The molecule has 1 aromatic rings. The van der Waals surface area contributed by atoms with E-state index in [2.05, 4.69) is 11.0 Å². The van der Waals surface area contributed by atoms with Crippen LogP contribution in [0.3, 0.4) is 0 Å². The minimum atomic E-state index is 0.621. The molecule has 1 fully saturated rings. The van der Waals surface area contributed by atoms with Gasteiger partial charge in [0.15, 0.2) is 0 Å². The van der Waals surface area contributed by atoms with Crippen LogP contribution < -0.4 is 0 Å². The van der Waals surface area contributed by atoms with Gasteiger partial charge in [-0.3, -0.25) is 4.90 Å². The molecule has 0 bridgehead atoms. The van der Waals surface area contributed by atoms with E-state index in [4.69, 9.17) is 21.6 Å². The lowest BCUT2D eigenvalue weighted by Crippen LogP contribution is -2.35. The molecule has 1 saturated heterocycles. The number of halogens is 1. The number of nitrogens with zero attached hydrogens (tertiary/aromatic N) is 2. The Hall–Kier alpha value is -1.08. The van der Waals surface area contributed by atoms with Crippen LogP contribution in [0.4, 0.5) is 0 Å². The molecule has 0 spiro atoms. The summed E-state index contributed by atoms with van der Waals surface area (Å²) in [5.41, 5.74) is 1.71. The van der Waals surface area contributed by atoms with E-state index in [1.807, 2.05) is 12.1 Å². The van der Waals surface area contributed by atoms with Crippen LogP contribution in [-0.4, -0.2) is 31.2 Å². The molecule has 0 aromatic heterocycles. The van der Waals surface area contributed by atoms with E-state index in [9.17, 15) is 0 Å². The highest BCUT2D eigenvalue weighted by molar-refractivity contribution is 6.30. The fourth-order valence-corrected chi connectivity index (χ4v) is 2.08. The molecule has 0 aliphatic carbocycles. The Balaban J connectivity index is 2.08. The Kier molecular flexibility index (Phi) is 3.79. The molecule has 3 nitrogen and oxygen atoms in total. The highest BCUT2D eigenvalue weighted by Gasteiger charge is 2.11. The number of hydrogen-bond acceptors (Lipinski definition) is 3. The molecule has 1 aromatic carbocycles. The Morgan fingerprint density at radius 1 is 1.31 bits per heavy atom. The minimum Gasteiger partial charge on any atom is -0.379 e. The van der Waals surface area contributed by atoms with E-state index in [1.54, 1.807) is 6.07 Å². The summed E-state index contributed by atoms with van der Waals surface area (Å²) in [4.78, 5) is 2.30. The van der Waals surface area contributed by atoms with Gasteiger partial charge >= 0.3 is 0 Å². The van der Waals surface area contributed by atoms with Gasteiger partial charge in [0.05, 0.1) is 24.8 Å². The van der Waals surface area contributed by atoms with E-state index in [-0.39, 0.29) is 0 Å². The Bertz CT molecular complexity index is 408. The van der Waals surface area contributed by atoms with Crippen LogP contribution in [0, 0.1) is 11.3 Å². The average molecular weight is 237 g/mol. The van der Waals surface area contributed by atoms with Gasteiger partial charge in [-0.25, -0.2) is 0 Å². The van der Waals surface area contributed by atoms with Gasteiger partial charge in [0, 0.05) is 24.7 Å². The summed E-state index contributed by atoms with van der Waals surface area (Å²) >= 11 is 5.95. The van der Waals surface area contributed by atoms with E-state index in [0.717, 1.165) is 38.4 Å². The first kappa shape index (κ1) is 11.4. The van der Waals surface area contributed by atoms with Gasteiger partial charge in [-0.1, -0.05) is 11.6 Å². The predicted octanol–water partition coefficient (Wildman–Crippen LogP) is 2.04. The van der Waals surface area contributed by atoms with Crippen LogP contribution in [0.1, 0.15) is 11.1 Å². The van der Waals surface area contributed by atoms with Crippen molar-refractivity contribution in [3.8, 4) is 6.07 Å². The lowest BCUT2D eigenvalue weighted by atomic mass is 10.1. The number of hydrogen-bond donors (Lipinski definition) is 0. The highest BCUT2D eigenvalue weighted by Crippen LogP contribution is 2.16. The predicted molar refractivity (Wildman–Crippen MR) is 62.3 cm³/mol. The highest BCUT2D eigenvalue weighted by atomic mass is 35.5. The zero-order valence-corrected chi connectivity index (χ0v) is 9.70. The van der Waals surface area contributed by atoms with Gasteiger partial charge in [-0.05, 0) is 23.8 Å². The zero-order chi connectivity index (χ0) is 11.4. The van der Waals surface area contributed by atoms with Gasteiger partial charge in [0.1, 0.15) is 0 Å². The van der Waals surface area contributed by atoms with Crippen molar-refractivity contribution < 1.29 is 4.74 Å². The maximum Gasteiger partial charge on any atom is 0.0992 e. The van der Waals surface area contributed by atoms with E-state index in [1.165, 1.54) is 0 Å². The monoisotopic (exact) mass is 236 g/mol. The van der Waals surface area contributed by atoms with Gasteiger partial charge in [-0.15, -0.1) is 0 Å². The van der Waals surface area contributed by atoms with Crippen LogP contribution in [0.5, 0.6) is 0 Å². The molecule has 0 unspecified atom stereocenters. The van der Waals surface area contributed by atoms with Crippen LogP contribution >= 0.6 is 11.6 Å². The van der Waals surface area contributed by atoms with Gasteiger partial charge in [-0.2, -0.15) is 5.26 Å². The molecule has 0 radical (unpaired) electrons. The number of rotatable bonds is 2. The molecule has 0 saturated carbocycles. The van der Waals surface area contributed by atoms with E-state index in [0.29, 0.717) is 10.6 Å². The van der Waals surface area contributed by atoms with Crippen molar-refractivity contribution >= 4 is 11.6 Å². The van der Waals surface area contributed by atoms with E-state index < -0.39 is 0 Å². The topological polar surface area (TPSA) is 36.3 Å². The van der Waals surface area contributed by atoms with Crippen molar-refractivity contribution in [3.63, 3.8) is 0 Å². The second kappa shape index (κ2) is 5.31. The van der Waals surface area contributed by atoms with Crippen molar-refractivity contribution in [2.75, 3.05) is 26.3 Å². The van der Waals surface area contributed by atoms with Crippen molar-refractivity contribution in [3.05, 3.63) is 34.3 Å². The molecule has 4 heteroatoms. The summed E-state index contributed by atoms with van der Waals surface area (Å²) in [6, 6.07) is 7.61. The van der Waals surface area contributed by atoms with Crippen molar-refractivity contribution in [1.29, 1.82) is 5.26 Å². The third-order valence-corrected chi connectivity index (χ3v) is 2.81. The second-order valence-corrected chi connectivity index (χ2v) is 4.28. The molecule has 84 valence electrons. The van der Waals surface area contributed by atoms with Crippen molar-refractivity contribution in [2.24, 2.45) is 0 Å². The molecule has 16 heavy (non-hydrogen) atoms. The SMILES string of the molecule is N#Cc1cc(Cl)cc(CN2CCOCC2)c1. The van der Waals surface area contributed by atoms with Crippen LogP contribution in [0.2, 0.25) is 5.02 Å². The maximum atomic E-state index is 8.85. The van der Waals surface area contributed by atoms with Gasteiger partial charge < -0.3 is 4.74 Å². The number of morpholine rings is 1. The molecular formula is C12H13ClN2O. The third-order valence-electron chi connectivity index (χ3n) is 2.60. The number of benzene rings is 1. The van der Waals surface area contributed by atoms with Gasteiger partial charge in [0.25, 0.3) is 0 Å². The summed E-state index contributed by atoms with van der Waals surface area (Å²) in [6.07, 6.45) is 0. The quantitative estimate of drug-likeness (QED) is 0.789. The van der Waals surface area contributed by atoms with E-state index >= 15 is 0 Å². The smallest absolute Gasteiger partial charge is 0.0992 e. The summed E-state index contributed by atoms with van der Waals surface area (Å²) in [5, 5.41) is 9.48. The molecule has 0 N–H and O–H groups in total. The van der Waals surface area contributed by atoms with Gasteiger partial charge in [0.2, 0.25) is 0 Å². The summed E-state index contributed by atoms with van der Waals surface area (Å²) in [7, 11) is 0. The molecule has 1 heterocycles. The van der Waals surface area contributed by atoms with Crippen LogP contribution in [-0.2, 0) is 11.3 Å². The van der Waals surface area contributed by atoms with Crippen LogP contribution in [0.15, 0.2) is 18.2 Å². The zero-order valence-electron chi connectivity index (χ0n) is 8.95. The Morgan fingerprint density at radius 3 is 2.75 bits per heavy atom. The fraction of sp³-hybridized carbons (Fsp3) is 0.417. The molecule has 1 aliphatic heterocycles. The summed E-state index contributed by atoms with van der Waals surface area (Å²) in [6.45, 7) is 4.28. The third kappa shape index (κ3) is 2.96. The molecule has 2 rings (SSSR count). The molecule has 1 aliphatic rings. The Labute approximate surface area is 100 Å². The maximum absolute atomic E-state index is 8.85.